The van der Waals surface area contributed by atoms with Crippen LogP contribution >= 0.6 is 0 Å². The van der Waals surface area contributed by atoms with Gasteiger partial charge in [0.1, 0.15) is 18.9 Å². The lowest BCUT2D eigenvalue weighted by molar-refractivity contribution is -0.385. The second-order valence-electron chi connectivity index (χ2n) is 5.37. The van der Waals surface area contributed by atoms with Crippen molar-refractivity contribution in [2.45, 2.75) is 40.4 Å². The van der Waals surface area contributed by atoms with Gasteiger partial charge in [0.05, 0.1) is 10.6 Å². The molecule has 0 aliphatic rings. The molecule has 1 amide bonds. The van der Waals surface area contributed by atoms with Crippen LogP contribution in [0.1, 0.15) is 23.9 Å². The molecule has 2 rings (SSSR count). The zero-order chi connectivity index (χ0) is 17.1. The van der Waals surface area contributed by atoms with E-state index in [0.29, 0.717) is 6.54 Å². The van der Waals surface area contributed by atoms with Crippen molar-refractivity contribution in [2.75, 3.05) is 7.05 Å². The average Bonchev–Trinajstić information content (AvgIpc) is 3.06. The lowest BCUT2D eigenvalue weighted by Gasteiger charge is -2.17. The van der Waals surface area contributed by atoms with Crippen LogP contribution in [0.25, 0.3) is 0 Å². The van der Waals surface area contributed by atoms with Gasteiger partial charge in [0, 0.05) is 31.4 Å². The van der Waals surface area contributed by atoms with Gasteiger partial charge in [-0.1, -0.05) is 0 Å². The van der Waals surface area contributed by atoms with Crippen molar-refractivity contribution in [1.29, 1.82) is 0 Å². The van der Waals surface area contributed by atoms with Crippen LogP contribution < -0.4 is 0 Å². The molecule has 124 valence electrons. The molecule has 23 heavy (non-hydrogen) atoms. The minimum Gasteiger partial charge on any atom is -0.340 e. The van der Waals surface area contributed by atoms with Gasteiger partial charge in [0.15, 0.2) is 0 Å². The molecule has 2 aromatic rings. The molecule has 0 atom stereocenters. The molecule has 0 unspecified atom stereocenters. The van der Waals surface area contributed by atoms with Crippen LogP contribution in [-0.2, 0) is 24.4 Å². The highest BCUT2D eigenvalue weighted by atomic mass is 16.6. The number of likely N-dealkylation sites (N-methyl/N-ethyl adjacent to an activating group) is 1. The molecule has 0 saturated carbocycles. The molecule has 0 saturated heterocycles. The topological polar surface area (TPSA) is 99.1 Å². The number of aryl methyl sites for hydroxylation is 2. The van der Waals surface area contributed by atoms with Crippen molar-refractivity contribution in [3.8, 4) is 0 Å². The van der Waals surface area contributed by atoms with Crippen LogP contribution in [0.15, 0.2) is 12.4 Å². The van der Waals surface area contributed by atoms with Crippen molar-refractivity contribution in [2.24, 2.45) is 0 Å². The minimum absolute atomic E-state index is 0.0374. The van der Waals surface area contributed by atoms with E-state index in [2.05, 4.69) is 10.2 Å². The van der Waals surface area contributed by atoms with Crippen LogP contribution in [0.5, 0.6) is 0 Å². The van der Waals surface area contributed by atoms with Crippen molar-refractivity contribution in [3.63, 3.8) is 0 Å². The van der Waals surface area contributed by atoms with Crippen molar-refractivity contribution < 1.29 is 9.72 Å². The van der Waals surface area contributed by atoms with Gasteiger partial charge < -0.3 is 4.90 Å². The Morgan fingerprint density at radius 2 is 2.13 bits per heavy atom. The van der Waals surface area contributed by atoms with Gasteiger partial charge in [-0.2, -0.15) is 10.2 Å². The molecule has 0 aliphatic carbocycles. The Kier molecular flexibility index (Phi) is 4.77. The second kappa shape index (κ2) is 6.59. The maximum Gasteiger partial charge on any atom is 0.307 e. The van der Waals surface area contributed by atoms with E-state index in [1.807, 2.05) is 25.5 Å². The fraction of sp³-hybridized carbons (Fsp3) is 0.500. The van der Waals surface area contributed by atoms with Gasteiger partial charge in [0.2, 0.25) is 5.91 Å². The lowest BCUT2D eigenvalue weighted by Crippen LogP contribution is -2.30. The number of amides is 1. The third kappa shape index (κ3) is 3.55. The number of carbonyl (C=O) groups is 1. The Bertz CT molecular complexity index is 733. The molecule has 2 aromatic heterocycles. The predicted molar refractivity (Wildman–Crippen MR) is 82.7 cm³/mol. The third-order valence-corrected chi connectivity index (χ3v) is 3.78. The van der Waals surface area contributed by atoms with Crippen LogP contribution in [0.3, 0.4) is 0 Å². The average molecular weight is 320 g/mol. The quantitative estimate of drug-likeness (QED) is 0.590. The van der Waals surface area contributed by atoms with E-state index in [1.165, 1.54) is 10.9 Å². The van der Waals surface area contributed by atoms with E-state index in [9.17, 15) is 14.9 Å². The number of rotatable bonds is 6. The number of aromatic nitrogens is 4. The van der Waals surface area contributed by atoms with Crippen molar-refractivity contribution in [1.82, 2.24) is 24.5 Å². The summed E-state index contributed by atoms with van der Waals surface area (Å²) in [6.45, 7) is 7.10. The van der Waals surface area contributed by atoms with Crippen LogP contribution in [0.4, 0.5) is 5.69 Å². The van der Waals surface area contributed by atoms with E-state index >= 15 is 0 Å². The van der Waals surface area contributed by atoms with Gasteiger partial charge in [-0.15, -0.1) is 0 Å². The predicted octanol–water partition coefficient (Wildman–Crippen LogP) is 1.28. The number of nitro groups is 1. The Balaban J connectivity index is 2.05. The smallest absolute Gasteiger partial charge is 0.307 e. The third-order valence-electron chi connectivity index (χ3n) is 3.78. The van der Waals surface area contributed by atoms with Crippen LogP contribution in [0, 0.1) is 24.0 Å². The molecule has 9 nitrogen and oxygen atoms in total. The summed E-state index contributed by atoms with van der Waals surface area (Å²) in [5.74, 6) is -0.175. The molecular formula is C14H20N6O3. The first kappa shape index (κ1) is 16.7. The van der Waals surface area contributed by atoms with E-state index in [1.54, 1.807) is 11.9 Å². The number of hydrogen-bond donors (Lipinski definition) is 0. The SMILES string of the molecule is CCn1nc(C)c(CN(C)C(=O)Cn2cc([N+](=O)[O-])cn2)c1C. The summed E-state index contributed by atoms with van der Waals surface area (Å²) >= 11 is 0. The van der Waals surface area contributed by atoms with Gasteiger partial charge in [0.25, 0.3) is 0 Å². The fourth-order valence-electron chi connectivity index (χ4n) is 2.39. The summed E-state index contributed by atoms with van der Waals surface area (Å²) in [5.41, 5.74) is 2.84. The van der Waals surface area contributed by atoms with Gasteiger partial charge in [-0.3, -0.25) is 24.3 Å². The fourth-order valence-corrected chi connectivity index (χ4v) is 2.39. The number of nitrogens with zero attached hydrogens (tertiary/aromatic N) is 6. The Hall–Kier alpha value is -2.71. The highest BCUT2D eigenvalue weighted by molar-refractivity contribution is 5.75. The number of hydrogen-bond acceptors (Lipinski definition) is 5. The maximum absolute atomic E-state index is 12.3. The molecule has 0 fully saturated rings. The minimum atomic E-state index is -0.538. The molecule has 0 aliphatic heterocycles. The van der Waals surface area contributed by atoms with E-state index in [4.69, 9.17) is 0 Å². The van der Waals surface area contributed by atoms with Crippen molar-refractivity contribution >= 4 is 11.6 Å². The monoisotopic (exact) mass is 320 g/mol. The normalized spacial score (nSPS) is 10.8. The van der Waals surface area contributed by atoms with Crippen LogP contribution in [0.2, 0.25) is 0 Å². The van der Waals surface area contributed by atoms with E-state index < -0.39 is 4.92 Å². The van der Waals surface area contributed by atoms with Gasteiger partial charge in [-0.25, -0.2) is 0 Å². The summed E-state index contributed by atoms with van der Waals surface area (Å²) in [6, 6.07) is 0. The molecular weight excluding hydrogens is 300 g/mol. The highest BCUT2D eigenvalue weighted by Crippen LogP contribution is 2.15. The van der Waals surface area contributed by atoms with Crippen LogP contribution in [-0.4, -0.2) is 42.3 Å². The lowest BCUT2D eigenvalue weighted by atomic mass is 10.2. The van der Waals surface area contributed by atoms with E-state index in [-0.39, 0.29) is 18.1 Å². The van der Waals surface area contributed by atoms with Gasteiger partial charge >= 0.3 is 5.69 Å². The molecule has 0 bridgehead atoms. The summed E-state index contributed by atoms with van der Waals surface area (Å²) in [6.07, 6.45) is 2.38. The Morgan fingerprint density at radius 3 is 2.65 bits per heavy atom. The molecule has 0 aromatic carbocycles. The van der Waals surface area contributed by atoms with Gasteiger partial charge in [-0.05, 0) is 20.8 Å². The largest absolute Gasteiger partial charge is 0.340 e. The molecule has 0 spiro atoms. The zero-order valence-electron chi connectivity index (χ0n) is 13.7. The first-order valence-electron chi connectivity index (χ1n) is 7.27. The Labute approximate surface area is 133 Å². The molecule has 0 radical (unpaired) electrons. The molecule has 2 heterocycles. The van der Waals surface area contributed by atoms with E-state index in [0.717, 1.165) is 29.7 Å². The second-order valence-corrected chi connectivity index (χ2v) is 5.37. The first-order chi connectivity index (χ1) is 10.8. The summed E-state index contributed by atoms with van der Waals surface area (Å²) < 4.78 is 3.17. The van der Waals surface area contributed by atoms with Crippen molar-refractivity contribution in [3.05, 3.63) is 39.5 Å². The first-order valence-corrected chi connectivity index (χ1v) is 7.27. The molecule has 9 heteroatoms. The highest BCUT2D eigenvalue weighted by Gasteiger charge is 2.17. The summed E-state index contributed by atoms with van der Waals surface area (Å²) in [4.78, 5) is 23.9. The summed E-state index contributed by atoms with van der Waals surface area (Å²) in [7, 11) is 1.70. The molecule has 0 N–H and O–H groups in total. The Morgan fingerprint density at radius 1 is 1.43 bits per heavy atom. The maximum atomic E-state index is 12.3. The summed E-state index contributed by atoms with van der Waals surface area (Å²) in [5, 5.41) is 18.9. The zero-order valence-corrected chi connectivity index (χ0v) is 13.7. The standard InChI is InChI=1S/C14H20N6O3/c1-5-19-11(3)13(10(2)16-19)8-17(4)14(21)9-18-7-12(6-15-18)20(22)23/h6-7H,5,8-9H2,1-4H3. The number of carbonyl (C=O) groups excluding carboxylic acids is 1.